The maximum atomic E-state index is 5.37. The number of H-pyrrole nitrogens is 1. The van der Waals surface area contributed by atoms with Gasteiger partial charge >= 0.3 is 0 Å². The van der Waals surface area contributed by atoms with Crippen LogP contribution < -0.4 is 0 Å². The lowest BCUT2D eigenvalue weighted by Crippen LogP contribution is -2.08. The molecule has 3 heterocycles. The molecular formula is C11H14N6S. The highest BCUT2D eigenvalue weighted by atomic mass is 32.1. The van der Waals surface area contributed by atoms with Crippen LogP contribution in [0.1, 0.15) is 11.5 Å². The molecule has 0 saturated heterocycles. The van der Waals surface area contributed by atoms with Crippen LogP contribution in [0.15, 0.2) is 12.4 Å². The first-order valence-electron chi connectivity index (χ1n) is 5.66. The smallest absolute Gasteiger partial charge is 0.179 e. The lowest BCUT2D eigenvalue weighted by atomic mass is 10.4. The summed E-state index contributed by atoms with van der Waals surface area (Å²) in [7, 11) is 3.90. The van der Waals surface area contributed by atoms with E-state index in [2.05, 4.69) is 15.1 Å². The lowest BCUT2D eigenvalue weighted by molar-refractivity contribution is 0.672. The Kier molecular flexibility index (Phi) is 2.37. The molecule has 0 radical (unpaired) electrons. The fraction of sp³-hybridized carbons (Fsp3) is 0.364. The van der Waals surface area contributed by atoms with E-state index in [1.165, 1.54) is 0 Å². The summed E-state index contributed by atoms with van der Waals surface area (Å²) in [6.07, 6.45) is 3.72. The van der Waals surface area contributed by atoms with Crippen LogP contribution in [0.25, 0.3) is 11.2 Å². The van der Waals surface area contributed by atoms with Gasteiger partial charge < -0.3 is 9.55 Å². The van der Waals surface area contributed by atoms with Crippen LogP contribution in [0.5, 0.6) is 0 Å². The number of hydrogen-bond acceptors (Lipinski definition) is 3. The molecule has 0 saturated carbocycles. The quantitative estimate of drug-likeness (QED) is 0.712. The number of nitrogens with one attached hydrogen (secondary N) is 1. The molecule has 0 amide bonds. The molecule has 0 aliphatic carbocycles. The number of nitrogens with zero attached hydrogens (tertiary/aromatic N) is 5. The average Bonchev–Trinajstić information content (AvgIpc) is 2.92. The normalized spacial score (nSPS) is 11.5. The minimum absolute atomic E-state index is 0.640. The van der Waals surface area contributed by atoms with E-state index >= 15 is 0 Å². The highest BCUT2D eigenvalue weighted by molar-refractivity contribution is 7.71. The second-order valence-electron chi connectivity index (χ2n) is 4.38. The molecule has 0 aromatic carbocycles. The van der Waals surface area contributed by atoms with Gasteiger partial charge in [0.05, 0.1) is 12.2 Å². The Hall–Kier alpha value is -1.89. The molecular weight excluding hydrogens is 248 g/mol. The Morgan fingerprint density at radius 3 is 2.83 bits per heavy atom. The maximum absolute atomic E-state index is 5.37. The summed E-state index contributed by atoms with van der Waals surface area (Å²) in [4.78, 5) is 7.53. The molecule has 0 atom stereocenters. The van der Waals surface area contributed by atoms with Gasteiger partial charge in [-0.3, -0.25) is 9.25 Å². The van der Waals surface area contributed by atoms with E-state index in [9.17, 15) is 0 Å². The molecule has 94 valence electrons. The molecule has 1 N–H and O–H groups in total. The van der Waals surface area contributed by atoms with Crippen molar-refractivity contribution in [3.63, 3.8) is 0 Å². The average molecular weight is 262 g/mol. The molecule has 0 aliphatic rings. The van der Waals surface area contributed by atoms with Gasteiger partial charge in [-0.2, -0.15) is 5.10 Å². The second-order valence-corrected chi connectivity index (χ2v) is 4.76. The number of aromatic amines is 1. The van der Waals surface area contributed by atoms with E-state index in [1.807, 2.05) is 41.0 Å². The predicted octanol–water partition coefficient (Wildman–Crippen LogP) is 1.52. The van der Waals surface area contributed by atoms with Crippen molar-refractivity contribution in [2.24, 2.45) is 14.1 Å². The topological polar surface area (TPSA) is 56.4 Å². The SMILES string of the molecule is Cc1nn(C)c2c1[nH]c(=S)n2Cc1nccn1C. The minimum atomic E-state index is 0.640. The van der Waals surface area contributed by atoms with Gasteiger partial charge in [-0.25, -0.2) is 4.98 Å². The summed E-state index contributed by atoms with van der Waals surface area (Å²) in [5.41, 5.74) is 2.95. The molecule has 0 aliphatic heterocycles. The van der Waals surface area contributed by atoms with Crippen molar-refractivity contribution < 1.29 is 0 Å². The Morgan fingerprint density at radius 1 is 1.39 bits per heavy atom. The van der Waals surface area contributed by atoms with Gasteiger partial charge in [-0.15, -0.1) is 0 Å². The van der Waals surface area contributed by atoms with Crippen LogP contribution in [0.3, 0.4) is 0 Å². The van der Waals surface area contributed by atoms with Gasteiger partial charge in [-0.1, -0.05) is 0 Å². The molecule has 7 heteroatoms. The molecule has 0 unspecified atom stereocenters. The first-order chi connectivity index (χ1) is 8.58. The highest BCUT2D eigenvalue weighted by Crippen LogP contribution is 2.17. The first-order valence-corrected chi connectivity index (χ1v) is 6.07. The molecule has 3 aromatic heterocycles. The minimum Gasteiger partial charge on any atom is -0.337 e. The largest absolute Gasteiger partial charge is 0.337 e. The monoisotopic (exact) mass is 262 g/mol. The molecule has 18 heavy (non-hydrogen) atoms. The zero-order chi connectivity index (χ0) is 12.9. The van der Waals surface area contributed by atoms with E-state index in [0.717, 1.165) is 22.7 Å². The molecule has 0 bridgehead atoms. The van der Waals surface area contributed by atoms with Crippen molar-refractivity contribution in [2.45, 2.75) is 13.5 Å². The number of fused-ring (bicyclic) bond motifs is 1. The Balaban J connectivity index is 2.20. The van der Waals surface area contributed by atoms with Gasteiger partial charge in [0.25, 0.3) is 0 Å². The fourth-order valence-corrected chi connectivity index (χ4v) is 2.46. The number of imidazole rings is 2. The third-order valence-corrected chi connectivity index (χ3v) is 3.47. The summed E-state index contributed by atoms with van der Waals surface area (Å²) in [6.45, 7) is 2.61. The van der Waals surface area contributed by atoms with Crippen molar-refractivity contribution in [1.29, 1.82) is 0 Å². The Bertz CT molecular complexity index is 771. The van der Waals surface area contributed by atoms with E-state index in [1.54, 1.807) is 6.20 Å². The lowest BCUT2D eigenvalue weighted by Gasteiger charge is -2.05. The van der Waals surface area contributed by atoms with Crippen LogP contribution in [-0.2, 0) is 20.6 Å². The number of aryl methyl sites for hydroxylation is 3. The van der Waals surface area contributed by atoms with Gasteiger partial charge in [0.2, 0.25) is 0 Å². The Labute approximate surface area is 109 Å². The van der Waals surface area contributed by atoms with Crippen molar-refractivity contribution in [3.05, 3.63) is 28.7 Å². The van der Waals surface area contributed by atoms with Crippen LogP contribution in [0.4, 0.5) is 0 Å². The van der Waals surface area contributed by atoms with Crippen LogP contribution in [0.2, 0.25) is 0 Å². The number of rotatable bonds is 2. The Morgan fingerprint density at radius 2 is 2.17 bits per heavy atom. The van der Waals surface area contributed by atoms with E-state index in [-0.39, 0.29) is 0 Å². The fourth-order valence-electron chi connectivity index (χ4n) is 2.21. The van der Waals surface area contributed by atoms with Crippen molar-refractivity contribution in [3.8, 4) is 0 Å². The summed E-state index contributed by atoms with van der Waals surface area (Å²) in [5.74, 6) is 0.964. The van der Waals surface area contributed by atoms with Crippen LogP contribution in [-0.4, -0.2) is 28.9 Å². The third kappa shape index (κ3) is 1.51. The van der Waals surface area contributed by atoms with Crippen molar-refractivity contribution >= 4 is 23.4 Å². The standard InChI is InChI=1S/C11H14N6S/c1-7-9-10(16(3)14-7)17(11(18)13-9)6-8-12-4-5-15(8)2/h4-5H,6H2,1-3H3,(H,13,18). The third-order valence-electron chi connectivity index (χ3n) is 3.15. The van der Waals surface area contributed by atoms with E-state index in [4.69, 9.17) is 12.2 Å². The zero-order valence-corrected chi connectivity index (χ0v) is 11.3. The second kappa shape index (κ2) is 3.81. The van der Waals surface area contributed by atoms with Crippen LogP contribution in [0, 0.1) is 11.7 Å². The molecule has 6 nitrogen and oxygen atoms in total. The molecule has 0 fully saturated rings. The highest BCUT2D eigenvalue weighted by Gasteiger charge is 2.13. The first kappa shape index (κ1) is 11.2. The van der Waals surface area contributed by atoms with Crippen molar-refractivity contribution in [2.75, 3.05) is 0 Å². The van der Waals surface area contributed by atoms with Gasteiger partial charge in [0.15, 0.2) is 10.4 Å². The van der Waals surface area contributed by atoms with Crippen LogP contribution >= 0.6 is 12.2 Å². The molecule has 3 rings (SSSR count). The molecule has 0 spiro atoms. The number of aromatic nitrogens is 6. The zero-order valence-electron chi connectivity index (χ0n) is 10.5. The van der Waals surface area contributed by atoms with Crippen molar-refractivity contribution in [1.82, 2.24) is 28.9 Å². The summed E-state index contributed by atoms with van der Waals surface area (Å²) in [5, 5.41) is 4.39. The van der Waals surface area contributed by atoms with E-state index < -0.39 is 0 Å². The van der Waals surface area contributed by atoms with Gasteiger partial charge in [-0.05, 0) is 19.1 Å². The van der Waals surface area contributed by atoms with Gasteiger partial charge in [0, 0.05) is 26.5 Å². The summed E-state index contributed by atoms with van der Waals surface area (Å²) in [6, 6.07) is 0. The van der Waals surface area contributed by atoms with Gasteiger partial charge in [0.1, 0.15) is 11.3 Å². The molecule has 3 aromatic rings. The maximum Gasteiger partial charge on any atom is 0.179 e. The van der Waals surface area contributed by atoms with E-state index in [0.29, 0.717) is 11.3 Å². The number of hydrogen-bond donors (Lipinski definition) is 1. The summed E-state index contributed by atoms with van der Waals surface area (Å²) < 4.78 is 6.56. The predicted molar refractivity (Wildman–Crippen MR) is 70.9 cm³/mol. The summed E-state index contributed by atoms with van der Waals surface area (Å²) >= 11 is 5.37.